The van der Waals surface area contributed by atoms with Gasteiger partial charge < -0.3 is 15.2 Å². The van der Waals surface area contributed by atoms with Crippen molar-refractivity contribution in [2.24, 2.45) is 5.92 Å². The second kappa shape index (κ2) is 7.76. The van der Waals surface area contributed by atoms with Crippen molar-refractivity contribution in [2.45, 2.75) is 32.7 Å². The van der Waals surface area contributed by atoms with Crippen molar-refractivity contribution in [3.8, 4) is 0 Å². The summed E-state index contributed by atoms with van der Waals surface area (Å²) in [5.74, 6) is 0.336. The number of methoxy groups -OCH3 is 1. The molecule has 0 aromatic carbocycles. The maximum absolute atomic E-state index is 11.3. The largest absolute Gasteiger partial charge is 0.396 e. The zero-order chi connectivity index (χ0) is 11.0. The first kappa shape index (κ1) is 13.4. The van der Waals surface area contributed by atoms with Gasteiger partial charge in [0.15, 0.2) is 0 Å². The average Bonchev–Trinajstić information content (AvgIpc) is 2.14. The van der Waals surface area contributed by atoms with Gasteiger partial charge in [0.1, 0.15) is 0 Å². The van der Waals surface area contributed by atoms with Crippen molar-refractivity contribution >= 4 is 5.91 Å². The van der Waals surface area contributed by atoms with Crippen molar-refractivity contribution in [1.82, 2.24) is 5.32 Å². The molecule has 0 aliphatic heterocycles. The summed E-state index contributed by atoms with van der Waals surface area (Å²) in [6.07, 6.45) is 0.896. The standard InChI is InChI=1S/C10H21NO3/c1-8(2)9(7-14-3)11-10(13)5-4-6-12/h8-9,12H,4-7H2,1-3H3,(H,11,13). The summed E-state index contributed by atoms with van der Waals surface area (Å²) in [7, 11) is 1.62. The van der Waals surface area contributed by atoms with Gasteiger partial charge in [-0.05, 0) is 12.3 Å². The summed E-state index contributed by atoms with van der Waals surface area (Å²) in [5, 5.41) is 11.4. The van der Waals surface area contributed by atoms with Crippen LogP contribution in [0.3, 0.4) is 0 Å². The highest BCUT2D eigenvalue weighted by molar-refractivity contribution is 5.76. The first-order valence-electron chi connectivity index (χ1n) is 5.01. The molecule has 0 aromatic rings. The molecule has 1 amide bonds. The fourth-order valence-corrected chi connectivity index (χ4v) is 1.10. The third-order valence-corrected chi connectivity index (χ3v) is 2.06. The molecule has 2 N–H and O–H groups in total. The van der Waals surface area contributed by atoms with Crippen LogP contribution < -0.4 is 5.32 Å². The summed E-state index contributed by atoms with van der Waals surface area (Å²) in [6, 6.07) is 0.0613. The van der Waals surface area contributed by atoms with E-state index >= 15 is 0 Å². The minimum Gasteiger partial charge on any atom is -0.396 e. The molecule has 0 aliphatic carbocycles. The number of ether oxygens (including phenoxy) is 1. The van der Waals surface area contributed by atoms with Crippen molar-refractivity contribution in [1.29, 1.82) is 0 Å². The van der Waals surface area contributed by atoms with Gasteiger partial charge in [-0.25, -0.2) is 0 Å². The Morgan fingerprint density at radius 3 is 2.57 bits per heavy atom. The van der Waals surface area contributed by atoms with E-state index in [2.05, 4.69) is 5.32 Å². The number of rotatable bonds is 7. The van der Waals surface area contributed by atoms with Gasteiger partial charge >= 0.3 is 0 Å². The van der Waals surface area contributed by atoms with Gasteiger partial charge in [-0.15, -0.1) is 0 Å². The summed E-state index contributed by atoms with van der Waals surface area (Å²) < 4.78 is 5.01. The molecule has 4 heteroatoms. The lowest BCUT2D eigenvalue weighted by molar-refractivity contribution is -0.122. The number of aliphatic hydroxyl groups excluding tert-OH is 1. The molecule has 84 valence electrons. The molecule has 0 spiro atoms. The number of carbonyl (C=O) groups excluding carboxylic acids is 1. The average molecular weight is 203 g/mol. The maximum atomic E-state index is 11.3. The second-order valence-corrected chi connectivity index (χ2v) is 3.70. The van der Waals surface area contributed by atoms with Gasteiger partial charge in [0.2, 0.25) is 5.91 Å². The van der Waals surface area contributed by atoms with Crippen LogP contribution in [0.15, 0.2) is 0 Å². The van der Waals surface area contributed by atoms with E-state index in [0.29, 0.717) is 25.4 Å². The van der Waals surface area contributed by atoms with Gasteiger partial charge in [0.25, 0.3) is 0 Å². The van der Waals surface area contributed by atoms with E-state index in [0.717, 1.165) is 0 Å². The number of hydrogen-bond donors (Lipinski definition) is 2. The molecule has 0 saturated carbocycles. The van der Waals surface area contributed by atoms with Gasteiger partial charge in [0.05, 0.1) is 12.6 Å². The molecule has 0 aromatic heterocycles. The zero-order valence-electron chi connectivity index (χ0n) is 9.25. The summed E-state index contributed by atoms with van der Waals surface area (Å²) >= 11 is 0. The normalized spacial score (nSPS) is 12.9. The van der Waals surface area contributed by atoms with Crippen LogP contribution in [0, 0.1) is 5.92 Å². The van der Waals surface area contributed by atoms with Crippen molar-refractivity contribution in [2.75, 3.05) is 20.3 Å². The van der Waals surface area contributed by atoms with E-state index < -0.39 is 0 Å². The van der Waals surface area contributed by atoms with Crippen LogP contribution in [-0.2, 0) is 9.53 Å². The van der Waals surface area contributed by atoms with Crippen LogP contribution in [0.4, 0.5) is 0 Å². The molecule has 0 radical (unpaired) electrons. The lowest BCUT2D eigenvalue weighted by Gasteiger charge is -2.21. The topological polar surface area (TPSA) is 58.6 Å². The van der Waals surface area contributed by atoms with E-state index in [4.69, 9.17) is 9.84 Å². The fraction of sp³-hybridized carbons (Fsp3) is 0.900. The molecular formula is C10H21NO3. The predicted octanol–water partition coefficient (Wildman–Crippen LogP) is 0.546. The van der Waals surface area contributed by atoms with Gasteiger partial charge in [-0.1, -0.05) is 13.8 Å². The smallest absolute Gasteiger partial charge is 0.220 e. The number of carbonyl (C=O) groups is 1. The minimum absolute atomic E-state index is 0.0187. The van der Waals surface area contributed by atoms with Crippen LogP contribution in [0.1, 0.15) is 26.7 Å². The quantitative estimate of drug-likeness (QED) is 0.635. The Labute approximate surface area is 85.6 Å². The van der Waals surface area contributed by atoms with Crippen molar-refractivity contribution in [3.63, 3.8) is 0 Å². The fourth-order valence-electron chi connectivity index (χ4n) is 1.10. The second-order valence-electron chi connectivity index (χ2n) is 3.70. The van der Waals surface area contributed by atoms with E-state index in [1.54, 1.807) is 7.11 Å². The predicted molar refractivity (Wildman–Crippen MR) is 55.0 cm³/mol. The Kier molecular flexibility index (Phi) is 7.42. The van der Waals surface area contributed by atoms with E-state index in [1.165, 1.54) is 0 Å². The van der Waals surface area contributed by atoms with Gasteiger partial charge in [0, 0.05) is 20.1 Å². The van der Waals surface area contributed by atoms with Crippen LogP contribution in [0.2, 0.25) is 0 Å². The number of amides is 1. The minimum atomic E-state index is -0.0187. The highest BCUT2D eigenvalue weighted by Crippen LogP contribution is 2.02. The Morgan fingerprint density at radius 2 is 2.14 bits per heavy atom. The molecule has 1 unspecified atom stereocenters. The molecule has 0 saturated heterocycles. The Bertz CT molecular complexity index is 159. The Balaban J connectivity index is 3.83. The summed E-state index contributed by atoms with van der Waals surface area (Å²) in [6.45, 7) is 4.67. The first-order valence-corrected chi connectivity index (χ1v) is 5.01. The third-order valence-electron chi connectivity index (χ3n) is 2.06. The lowest BCUT2D eigenvalue weighted by atomic mass is 10.1. The van der Waals surface area contributed by atoms with Crippen LogP contribution in [-0.4, -0.2) is 37.4 Å². The molecule has 0 fully saturated rings. The highest BCUT2D eigenvalue weighted by Gasteiger charge is 2.15. The molecule has 1 atom stereocenters. The van der Waals surface area contributed by atoms with Crippen LogP contribution in [0.5, 0.6) is 0 Å². The highest BCUT2D eigenvalue weighted by atomic mass is 16.5. The summed E-state index contributed by atoms with van der Waals surface area (Å²) in [4.78, 5) is 11.3. The zero-order valence-corrected chi connectivity index (χ0v) is 9.25. The Hall–Kier alpha value is -0.610. The van der Waals surface area contributed by atoms with Gasteiger partial charge in [-0.2, -0.15) is 0 Å². The number of aliphatic hydroxyl groups is 1. The van der Waals surface area contributed by atoms with E-state index in [-0.39, 0.29) is 18.6 Å². The van der Waals surface area contributed by atoms with Crippen molar-refractivity contribution < 1.29 is 14.6 Å². The van der Waals surface area contributed by atoms with Crippen molar-refractivity contribution in [3.05, 3.63) is 0 Å². The maximum Gasteiger partial charge on any atom is 0.220 e. The lowest BCUT2D eigenvalue weighted by Crippen LogP contribution is -2.41. The third kappa shape index (κ3) is 5.94. The molecule has 0 heterocycles. The monoisotopic (exact) mass is 203 g/mol. The van der Waals surface area contributed by atoms with E-state index in [1.807, 2.05) is 13.8 Å². The summed E-state index contributed by atoms with van der Waals surface area (Å²) in [5.41, 5.74) is 0. The van der Waals surface area contributed by atoms with Gasteiger partial charge in [-0.3, -0.25) is 4.79 Å². The molecule has 0 aliphatic rings. The van der Waals surface area contributed by atoms with Crippen LogP contribution in [0.25, 0.3) is 0 Å². The molecular weight excluding hydrogens is 182 g/mol. The molecule has 14 heavy (non-hydrogen) atoms. The number of nitrogens with one attached hydrogen (secondary N) is 1. The van der Waals surface area contributed by atoms with E-state index in [9.17, 15) is 4.79 Å². The SMILES string of the molecule is COCC(NC(=O)CCCO)C(C)C. The van der Waals surface area contributed by atoms with Crippen LogP contribution >= 0.6 is 0 Å². The first-order chi connectivity index (χ1) is 6.61. The molecule has 0 rings (SSSR count). The number of hydrogen-bond acceptors (Lipinski definition) is 3. The molecule has 0 bridgehead atoms. The Morgan fingerprint density at radius 1 is 1.50 bits per heavy atom. The molecule has 4 nitrogen and oxygen atoms in total.